The van der Waals surface area contributed by atoms with Crippen LogP contribution in [0.2, 0.25) is 0 Å². The fourth-order valence-corrected chi connectivity index (χ4v) is 4.94. The molecule has 0 nitrogen and oxygen atoms in total. The molecule has 0 heterocycles. The Bertz CT molecular complexity index is 1130. The number of hydrogen-bond donors (Lipinski definition) is 0. The summed E-state index contributed by atoms with van der Waals surface area (Å²) in [5.74, 6) is -2.50. The molecule has 0 atom stereocenters. The molecule has 33 heavy (non-hydrogen) atoms. The second-order valence-corrected chi connectivity index (χ2v) is 9.47. The highest BCUT2D eigenvalue weighted by Gasteiger charge is 2.35. The summed E-state index contributed by atoms with van der Waals surface area (Å²) in [5, 5.41) is 0. The summed E-state index contributed by atoms with van der Waals surface area (Å²) in [6.45, 7) is 3.88. The minimum Gasteiger partial charge on any atom is -0.206 e. The van der Waals surface area contributed by atoms with E-state index in [2.05, 4.69) is 18.7 Å². The van der Waals surface area contributed by atoms with Gasteiger partial charge in [0.1, 0.15) is 23.0 Å². The Balaban J connectivity index is 1.57. The maximum Gasteiger partial charge on any atom is 0.332 e. The van der Waals surface area contributed by atoms with Crippen LogP contribution in [0.5, 0.6) is 0 Å². The van der Waals surface area contributed by atoms with E-state index in [-0.39, 0.29) is 11.1 Å². The molecule has 4 rings (SSSR count). The third-order valence-electron chi connectivity index (χ3n) is 6.43. The molecule has 3 aromatic carbocycles. The van der Waals surface area contributed by atoms with Gasteiger partial charge in [0.05, 0.1) is 0 Å². The van der Waals surface area contributed by atoms with Gasteiger partial charge in [-0.2, -0.15) is 8.78 Å². The lowest BCUT2D eigenvalue weighted by atomic mass is 9.78. The van der Waals surface area contributed by atoms with Crippen molar-refractivity contribution in [3.8, 4) is 22.3 Å². The molecule has 1 aliphatic carbocycles. The summed E-state index contributed by atoms with van der Waals surface area (Å²) >= 11 is 1.96. The molecule has 0 spiro atoms. The van der Waals surface area contributed by atoms with Gasteiger partial charge in [0.15, 0.2) is 0 Å². The molecular formula is C27H22BrF5. The van der Waals surface area contributed by atoms with Gasteiger partial charge >= 0.3 is 4.83 Å². The SMILES string of the molecule is C=CC1CCC(c2ccc(-c3ccc(-c4cc(F)c(C(F)(F)Br)c(F)c4)c(F)c3)cc2)CC1. The van der Waals surface area contributed by atoms with Gasteiger partial charge in [-0.05, 0) is 93.9 Å². The van der Waals surface area contributed by atoms with Crippen molar-refractivity contribution >= 4 is 15.9 Å². The zero-order valence-corrected chi connectivity index (χ0v) is 19.3. The molecule has 1 aliphatic rings. The largest absolute Gasteiger partial charge is 0.332 e. The first-order valence-corrected chi connectivity index (χ1v) is 11.6. The van der Waals surface area contributed by atoms with Crippen LogP contribution in [0.25, 0.3) is 22.3 Å². The lowest BCUT2D eigenvalue weighted by Gasteiger charge is -2.27. The van der Waals surface area contributed by atoms with Crippen molar-refractivity contribution in [2.24, 2.45) is 5.92 Å². The van der Waals surface area contributed by atoms with Crippen LogP contribution in [0.3, 0.4) is 0 Å². The normalized spacial score (nSPS) is 18.8. The predicted octanol–water partition coefficient (Wildman–Crippen LogP) is 9.34. The maximum atomic E-state index is 14.8. The van der Waals surface area contributed by atoms with Crippen LogP contribution >= 0.6 is 15.9 Å². The molecule has 172 valence electrons. The van der Waals surface area contributed by atoms with Gasteiger partial charge in [0, 0.05) is 5.56 Å². The van der Waals surface area contributed by atoms with Gasteiger partial charge in [0.2, 0.25) is 0 Å². The average Bonchev–Trinajstić information content (AvgIpc) is 2.77. The second kappa shape index (κ2) is 9.41. The maximum absolute atomic E-state index is 14.8. The number of rotatable bonds is 5. The molecule has 3 aromatic rings. The molecule has 0 unspecified atom stereocenters. The third kappa shape index (κ3) is 5.06. The Kier molecular flexibility index (Phi) is 6.76. The molecule has 0 saturated heterocycles. The van der Waals surface area contributed by atoms with Crippen molar-refractivity contribution in [2.75, 3.05) is 0 Å². The third-order valence-corrected chi connectivity index (χ3v) is 6.82. The monoisotopic (exact) mass is 520 g/mol. The van der Waals surface area contributed by atoms with Gasteiger partial charge in [-0.1, -0.05) is 42.5 Å². The van der Waals surface area contributed by atoms with E-state index < -0.39 is 27.8 Å². The first kappa shape index (κ1) is 23.7. The molecule has 6 heteroatoms. The topological polar surface area (TPSA) is 0 Å². The number of halogens is 6. The van der Waals surface area contributed by atoms with E-state index in [0.717, 1.165) is 31.2 Å². The zero-order chi connectivity index (χ0) is 23.8. The fourth-order valence-electron chi connectivity index (χ4n) is 4.56. The summed E-state index contributed by atoms with van der Waals surface area (Å²) in [4.78, 5) is -3.86. The van der Waals surface area contributed by atoms with E-state index in [1.165, 1.54) is 17.7 Å². The van der Waals surface area contributed by atoms with Crippen LogP contribution in [-0.2, 0) is 4.83 Å². The Morgan fingerprint density at radius 2 is 1.30 bits per heavy atom. The van der Waals surface area contributed by atoms with Gasteiger partial charge in [-0.15, -0.1) is 6.58 Å². The Morgan fingerprint density at radius 1 is 0.758 bits per heavy atom. The van der Waals surface area contributed by atoms with Crippen LogP contribution in [-0.4, -0.2) is 0 Å². The van der Waals surface area contributed by atoms with Crippen molar-refractivity contribution in [3.05, 3.63) is 95.8 Å². The zero-order valence-electron chi connectivity index (χ0n) is 17.7. The van der Waals surface area contributed by atoms with Crippen molar-refractivity contribution in [1.82, 2.24) is 0 Å². The summed E-state index contributed by atoms with van der Waals surface area (Å²) in [6.07, 6.45) is 6.54. The molecule has 0 radical (unpaired) electrons. The van der Waals surface area contributed by atoms with Crippen LogP contribution in [0.15, 0.2) is 67.3 Å². The van der Waals surface area contributed by atoms with Crippen LogP contribution in [0.1, 0.15) is 42.7 Å². The molecule has 0 aromatic heterocycles. The Hall–Kier alpha value is -2.47. The predicted molar refractivity (Wildman–Crippen MR) is 125 cm³/mol. The van der Waals surface area contributed by atoms with Crippen LogP contribution in [0, 0.1) is 23.4 Å². The standard InChI is InChI=1S/C27H22BrF5/c1-2-16-3-5-17(6-4-16)18-7-9-19(10-8-18)20-11-12-22(23(29)13-20)21-14-24(30)26(25(31)15-21)27(28,32)33/h2,7-17H,1,3-6H2. The van der Waals surface area contributed by atoms with Crippen molar-refractivity contribution in [2.45, 2.75) is 36.4 Å². The minimum absolute atomic E-state index is 0.0726. The molecule has 0 N–H and O–H groups in total. The van der Waals surface area contributed by atoms with Gasteiger partial charge in [-0.25, -0.2) is 13.2 Å². The fraction of sp³-hybridized carbons (Fsp3) is 0.259. The van der Waals surface area contributed by atoms with Gasteiger partial charge in [-0.3, -0.25) is 0 Å². The van der Waals surface area contributed by atoms with E-state index in [9.17, 15) is 22.0 Å². The van der Waals surface area contributed by atoms with E-state index in [4.69, 9.17) is 0 Å². The molecular weight excluding hydrogens is 499 g/mol. The second-order valence-electron chi connectivity index (χ2n) is 8.48. The molecule has 0 bridgehead atoms. The highest BCUT2D eigenvalue weighted by molar-refractivity contribution is 9.09. The molecule has 1 fully saturated rings. The van der Waals surface area contributed by atoms with Crippen LogP contribution in [0.4, 0.5) is 22.0 Å². The van der Waals surface area contributed by atoms with Crippen molar-refractivity contribution in [1.29, 1.82) is 0 Å². The highest BCUT2D eigenvalue weighted by atomic mass is 79.9. The quantitative estimate of drug-likeness (QED) is 0.178. The summed E-state index contributed by atoms with van der Waals surface area (Å²) in [5.41, 5.74) is 1.06. The highest BCUT2D eigenvalue weighted by Crippen LogP contribution is 2.40. The lowest BCUT2D eigenvalue weighted by molar-refractivity contribution is 0.105. The number of benzene rings is 3. The van der Waals surface area contributed by atoms with Crippen LogP contribution < -0.4 is 0 Å². The lowest BCUT2D eigenvalue weighted by Crippen LogP contribution is -2.11. The van der Waals surface area contributed by atoms with E-state index in [1.807, 2.05) is 34.1 Å². The first-order chi connectivity index (χ1) is 15.7. The summed E-state index contributed by atoms with van der Waals surface area (Å²) in [6, 6.07) is 13.7. The number of allylic oxidation sites excluding steroid dienone is 1. The van der Waals surface area contributed by atoms with Crippen molar-refractivity contribution < 1.29 is 22.0 Å². The Morgan fingerprint density at radius 3 is 1.82 bits per heavy atom. The number of alkyl halides is 3. The van der Waals surface area contributed by atoms with Crippen molar-refractivity contribution in [3.63, 3.8) is 0 Å². The minimum atomic E-state index is -3.86. The van der Waals surface area contributed by atoms with Gasteiger partial charge < -0.3 is 0 Å². The van der Waals surface area contributed by atoms with Gasteiger partial charge in [0.25, 0.3) is 0 Å². The van der Waals surface area contributed by atoms with E-state index >= 15 is 0 Å². The van der Waals surface area contributed by atoms with E-state index in [1.54, 1.807) is 6.07 Å². The van der Waals surface area contributed by atoms with E-state index in [0.29, 0.717) is 29.5 Å². The molecule has 0 aliphatic heterocycles. The summed E-state index contributed by atoms with van der Waals surface area (Å²) in [7, 11) is 0. The Labute approximate surface area is 198 Å². The molecule has 1 saturated carbocycles. The molecule has 0 amide bonds. The smallest absolute Gasteiger partial charge is 0.206 e. The first-order valence-electron chi connectivity index (χ1n) is 10.8. The summed E-state index contributed by atoms with van der Waals surface area (Å²) < 4.78 is 69.8. The number of hydrogen-bond acceptors (Lipinski definition) is 0. The average molecular weight is 521 g/mol.